The van der Waals surface area contributed by atoms with Gasteiger partial charge in [-0.2, -0.15) is 0 Å². The van der Waals surface area contributed by atoms with Crippen LogP contribution in [0.5, 0.6) is 0 Å². The molecule has 4 N–H and O–H groups in total. The Labute approximate surface area is 154 Å². The normalized spacial score (nSPS) is 24.7. The maximum Gasteiger partial charge on any atom is 0.330 e. The fourth-order valence-corrected chi connectivity index (χ4v) is 3.01. The van der Waals surface area contributed by atoms with Crippen molar-refractivity contribution in [1.82, 2.24) is 14.9 Å². The summed E-state index contributed by atoms with van der Waals surface area (Å²) in [5.74, 6) is -0.672. The van der Waals surface area contributed by atoms with E-state index in [0.29, 0.717) is 6.42 Å². The second kappa shape index (κ2) is 7.87. The molecule has 0 aliphatic carbocycles. The highest BCUT2D eigenvalue weighted by atomic mass is 16.6. The van der Waals surface area contributed by atoms with E-state index < -0.39 is 41.7 Å². The molecule has 2 aromatic rings. The minimum atomic E-state index is -1.36. The van der Waals surface area contributed by atoms with Crippen LogP contribution in [-0.4, -0.2) is 44.0 Å². The van der Waals surface area contributed by atoms with Gasteiger partial charge in [0.1, 0.15) is 17.8 Å². The number of aliphatic hydroxyl groups is 2. The molecule has 1 aliphatic rings. The van der Waals surface area contributed by atoms with Crippen LogP contribution in [0.2, 0.25) is 0 Å². The Morgan fingerprint density at radius 2 is 1.93 bits per heavy atom. The molecule has 9 heteroatoms. The lowest BCUT2D eigenvalue weighted by Gasteiger charge is -2.18. The summed E-state index contributed by atoms with van der Waals surface area (Å²) < 4.78 is 6.43. The molecule has 3 rings (SSSR count). The zero-order chi connectivity index (χ0) is 19.6. The number of carbonyl (C=O) groups is 1. The van der Waals surface area contributed by atoms with Crippen molar-refractivity contribution in [2.75, 3.05) is 0 Å². The molecule has 9 nitrogen and oxygen atoms in total. The van der Waals surface area contributed by atoms with Crippen LogP contribution in [-0.2, 0) is 11.3 Å². The molecule has 0 bridgehead atoms. The molecule has 1 unspecified atom stereocenters. The molecule has 1 aromatic carbocycles. The number of aliphatic hydroxyl groups excluding tert-OH is 2. The Kier molecular flexibility index (Phi) is 5.54. The number of H-pyrrole nitrogens is 1. The van der Waals surface area contributed by atoms with Crippen molar-refractivity contribution < 1.29 is 19.7 Å². The molecule has 144 valence electrons. The number of rotatable bonds is 5. The number of hydrogen-bond donors (Lipinski definition) is 4. The number of ether oxygens (including phenoxy) is 1. The molecule has 1 aliphatic heterocycles. The van der Waals surface area contributed by atoms with E-state index in [1.807, 2.05) is 35.3 Å². The largest absolute Gasteiger partial charge is 0.388 e. The summed E-state index contributed by atoms with van der Waals surface area (Å²) in [5, 5.41) is 22.7. The monoisotopic (exact) mass is 375 g/mol. The standard InChI is InChI=1S/C18H21N3O6/c1-2-12-13(22)14(23)17(27-12)21-9-11(16(25)20-18(21)26)15(24)19-8-10-6-4-3-5-7-10/h3-7,9,12-14,17,22-23H,2,8H2,1H3,(H,19,24)(H,20,25,26)/t12-,13?,14+,17-/m1/s1. The van der Waals surface area contributed by atoms with E-state index in [-0.39, 0.29) is 12.1 Å². The number of nitrogens with one attached hydrogen (secondary N) is 2. The summed E-state index contributed by atoms with van der Waals surface area (Å²) in [6.07, 6.45) is -2.92. The molecule has 0 spiro atoms. The van der Waals surface area contributed by atoms with Gasteiger partial charge in [0.05, 0.1) is 6.10 Å². The van der Waals surface area contributed by atoms with Gasteiger partial charge in [0.25, 0.3) is 11.5 Å². The molecule has 1 saturated heterocycles. The van der Waals surface area contributed by atoms with Gasteiger partial charge in [-0.3, -0.25) is 19.1 Å². The highest BCUT2D eigenvalue weighted by molar-refractivity contribution is 5.93. The number of amides is 1. The molecule has 1 aromatic heterocycles. The summed E-state index contributed by atoms with van der Waals surface area (Å²) in [6.45, 7) is 1.97. The van der Waals surface area contributed by atoms with Crippen molar-refractivity contribution in [3.05, 3.63) is 68.5 Å². The van der Waals surface area contributed by atoms with Crippen molar-refractivity contribution in [3.8, 4) is 0 Å². The molecule has 1 fully saturated rings. The highest BCUT2D eigenvalue weighted by Gasteiger charge is 2.43. The van der Waals surface area contributed by atoms with Crippen LogP contribution >= 0.6 is 0 Å². The zero-order valence-electron chi connectivity index (χ0n) is 14.7. The van der Waals surface area contributed by atoms with Crippen LogP contribution in [0.4, 0.5) is 0 Å². The third-order valence-electron chi connectivity index (χ3n) is 4.52. The third-order valence-corrected chi connectivity index (χ3v) is 4.52. The van der Waals surface area contributed by atoms with Gasteiger partial charge in [-0.05, 0) is 12.0 Å². The summed E-state index contributed by atoms with van der Waals surface area (Å²) in [7, 11) is 0. The number of carbonyl (C=O) groups excluding carboxylic acids is 1. The van der Waals surface area contributed by atoms with Gasteiger partial charge in [0.15, 0.2) is 6.23 Å². The van der Waals surface area contributed by atoms with E-state index in [4.69, 9.17) is 4.74 Å². The third kappa shape index (κ3) is 3.85. The number of nitrogens with zero attached hydrogens (tertiary/aromatic N) is 1. The van der Waals surface area contributed by atoms with Crippen LogP contribution in [0.25, 0.3) is 0 Å². The fourth-order valence-electron chi connectivity index (χ4n) is 3.01. The lowest BCUT2D eigenvalue weighted by atomic mass is 10.1. The average Bonchev–Trinajstić information content (AvgIpc) is 2.95. The van der Waals surface area contributed by atoms with Crippen molar-refractivity contribution in [3.63, 3.8) is 0 Å². The second-order valence-electron chi connectivity index (χ2n) is 6.33. The second-order valence-corrected chi connectivity index (χ2v) is 6.33. The predicted octanol–water partition coefficient (Wildman–Crippen LogP) is -0.504. The van der Waals surface area contributed by atoms with Crippen molar-refractivity contribution in [2.45, 2.75) is 44.4 Å². The number of aromatic amines is 1. The average molecular weight is 375 g/mol. The van der Waals surface area contributed by atoms with E-state index in [9.17, 15) is 24.6 Å². The molecule has 2 heterocycles. The van der Waals surface area contributed by atoms with Crippen LogP contribution in [0.1, 0.15) is 35.5 Å². The van der Waals surface area contributed by atoms with Crippen molar-refractivity contribution >= 4 is 5.91 Å². The summed E-state index contributed by atoms with van der Waals surface area (Å²) in [5.41, 5.74) is -1.13. The summed E-state index contributed by atoms with van der Waals surface area (Å²) >= 11 is 0. The van der Waals surface area contributed by atoms with Crippen LogP contribution in [0.3, 0.4) is 0 Å². The Hall–Kier alpha value is -2.75. The Balaban J connectivity index is 1.85. The van der Waals surface area contributed by atoms with E-state index >= 15 is 0 Å². The SMILES string of the molecule is CC[C@H]1O[C@@H](n2cc(C(=O)NCc3ccccc3)c(=O)[nH]c2=O)[C@@H](O)C1O. The lowest BCUT2D eigenvalue weighted by Crippen LogP contribution is -2.41. The molecule has 0 radical (unpaired) electrons. The number of benzene rings is 1. The van der Waals surface area contributed by atoms with Crippen molar-refractivity contribution in [1.29, 1.82) is 0 Å². The van der Waals surface area contributed by atoms with Crippen LogP contribution in [0, 0.1) is 0 Å². The van der Waals surface area contributed by atoms with E-state index in [1.165, 1.54) is 0 Å². The van der Waals surface area contributed by atoms with Gasteiger partial charge in [-0.15, -0.1) is 0 Å². The van der Waals surface area contributed by atoms with Gasteiger partial charge >= 0.3 is 5.69 Å². The minimum Gasteiger partial charge on any atom is -0.388 e. The Bertz CT molecular complexity index is 923. The van der Waals surface area contributed by atoms with Crippen LogP contribution in [0.15, 0.2) is 46.1 Å². The Morgan fingerprint density at radius 3 is 2.56 bits per heavy atom. The van der Waals surface area contributed by atoms with Crippen LogP contribution < -0.4 is 16.6 Å². The first kappa shape index (κ1) is 19.0. The van der Waals surface area contributed by atoms with Gasteiger partial charge in [0, 0.05) is 12.7 Å². The maximum absolute atomic E-state index is 12.4. The first-order valence-corrected chi connectivity index (χ1v) is 8.61. The Morgan fingerprint density at radius 1 is 1.22 bits per heavy atom. The summed E-state index contributed by atoms with van der Waals surface area (Å²) in [4.78, 5) is 38.6. The molecular formula is C18H21N3O6. The topological polar surface area (TPSA) is 134 Å². The molecule has 1 amide bonds. The highest BCUT2D eigenvalue weighted by Crippen LogP contribution is 2.29. The van der Waals surface area contributed by atoms with Gasteiger partial charge in [-0.1, -0.05) is 37.3 Å². The van der Waals surface area contributed by atoms with E-state index in [1.54, 1.807) is 6.92 Å². The van der Waals surface area contributed by atoms with Gasteiger partial charge in [-0.25, -0.2) is 4.79 Å². The molecule has 4 atom stereocenters. The van der Waals surface area contributed by atoms with E-state index in [2.05, 4.69) is 5.32 Å². The van der Waals surface area contributed by atoms with E-state index in [0.717, 1.165) is 16.3 Å². The lowest BCUT2D eigenvalue weighted by molar-refractivity contribution is -0.0405. The minimum absolute atomic E-state index is 0.206. The molecule has 27 heavy (non-hydrogen) atoms. The number of aromatic nitrogens is 2. The van der Waals surface area contributed by atoms with Gasteiger partial charge < -0.3 is 20.3 Å². The number of hydrogen-bond acceptors (Lipinski definition) is 6. The first-order chi connectivity index (χ1) is 12.9. The van der Waals surface area contributed by atoms with Crippen molar-refractivity contribution in [2.24, 2.45) is 0 Å². The zero-order valence-corrected chi connectivity index (χ0v) is 14.7. The maximum atomic E-state index is 12.4. The fraction of sp³-hybridized carbons (Fsp3) is 0.389. The smallest absolute Gasteiger partial charge is 0.330 e. The summed E-state index contributed by atoms with van der Waals surface area (Å²) in [6, 6.07) is 9.13. The van der Waals surface area contributed by atoms with Gasteiger partial charge in [0.2, 0.25) is 0 Å². The quantitative estimate of drug-likeness (QED) is 0.557. The molecule has 0 saturated carbocycles. The first-order valence-electron chi connectivity index (χ1n) is 8.61. The molecular weight excluding hydrogens is 354 g/mol. The predicted molar refractivity (Wildman–Crippen MR) is 95.1 cm³/mol.